The van der Waals surface area contributed by atoms with Gasteiger partial charge in [-0.3, -0.25) is 9.88 Å². The number of aromatic nitrogens is 1. The third-order valence-electron chi connectivity index (χ3n) is 3.76. The Hall–Kier alpha value is -2.18. The van der Waals surface area contributed by atoms with Gasteiger partial charge in [-0.25, -0.2) is 0 Å². The summed E-state index contributed by atoms with van der Waals surface area (Å²) < 4.78 is 0. The first-order chi connectivity index (χ1) is 10.2. The molecule has 1 heterocycles. The Kier molecular flexibility index (Phi) is 5.48. The van der Waals surface area contributed by atoms with Crippen molar-refractivity contribution < 1.29 is 0 Å². The second-order valence-corrected chi connectivity index (χ2v) is 5.34. The lowest BCUT2D eigenvalue weighted by molar-refractivity contribution is 0.186. The fourth-order valence-electron chi connectivity index (χ4n) is 2.33. The van der Waals surface area contributed by atoms with Crippen LogP contribution in [0.1, 0.15) is 37.0 Å². The molecular formula is C18H21N3. The molecule has 108 valence electrons. The van der Waals surface area contributed by atoms with E-state index in [1.165, 1.54) is 11.1 Å². The first-order valence-electron chi connectivity index (χ1n) is 7.35. The molecule has 0 bridgehead atoms. The normalized spacial score (nSPS) is 12.1. The Morgan fingerprint density at radius 3 is 2.62 bits per heavy atom. The average Bonchev–Trinajstić information content (AvgIpc) is 2.54. The van der Waals surface area contributed by atoms with Crippen LogP contribution in [0.25, 0.3) is 0 Å². The van der Waals surface area contributed by atoms with E-state index in [2.05, 4.69) is 41.9 Å². The number of rotatable bonds is 6. The quantitative estimate of drug-likeness (QED) is 0.808. The van der Waals surface area contributed by atoms with E-state index in [0.717, 1.165) is 25.1 Å². The van der Waals surface area contributed by atoms with Crippen molar-refractivity contribution in [2.75, 3.05) is 0 Å². The molecule has 0 saturated carbocycles. The fourth-order valence-corrected chi connectivity index (χ4v) is 2.33. The van der Waals surface area contributed by atoms with Gasteiger partial charge in [-0.1, -0.05) is 25.1 Å². The van der Waals surface area contributed by atoms with Gasteiger partial charge in [0.2, 0.25) is 0 Å². The molecule has 0 spiro atoms. The predicted octanol–water partition coefficient (Wildman–Crippen LogP) is 3.75. The third kappa shape index (κ3) is 4.40. The summed E-state index contributed by atoms with van der Waals surface area (Å²) in [6, 6.07) is 14.6. The Morgan fingerprint density at radius 2 is 1.95 bits per heavy atom. The number of hydrogen-bond donors (Lipinski definition) is 0. The lowest BCUT2D eigenvalue weighted by Gasteiger charge is -2.28. The molecule has 1 unspecified atom stereocenters. The summed E-state index contributed by atoms with van der Waals surface area (Å²) in [5, 5.41) is 9.01. The lowest BCUT2D eigenvalue weighted by atomic mass is 10.1. The van der Waals surface area contributed by atoms with Crippen molar-refractivity contribution in [3.63, 3.8) is 0 Å². The predicted molar refractivity (Wildman–Crippen MR) is 84.4 cm³/mol. The molecule has 0 aliphatic heterocycles. The van der Waals surface area contributed by atoms with Crippen LogP contribution in [-0.2, 0) is 13.1 Å². The summed E-state index contributed by atoms with van der Waals surface area (Å²) in [5.41, 5.74) is 3.12. The molecule has 0 amide bonds. The molecule has 0 radical (unpaired) electrons. The Labute approximate surface area is 126 Å². The summed E-state index contributed by atoms with van der Waals surface area (Å²) >= 11 is 0. The molecule has 1 aromatic heterocycles. The lowest BCUT2D eigenvalue weighted by Crippen LogP contribution is -2.31. The van der Waals surface area contributed by atoms with E-state index in [-0.39, 0.29) is 0 Å². The Balaban J connectivity index is 2.14. The smallest absolute Gasteiger partial charge is 0.0991 e. The number of nitrogens with zero attached hydrogens (tertiary/aromatic N) is 3. The molecule has 0 aliphatic rings. The fraction of sp³-hybridized carbons (Fsp3) is 0.333. The van der Waals surface area contributed by atoms with Gasteiger partial charge in [0, 0.05) is 31.5 Å². The van der Waals surface area contributed by atoms with E-state index < -0.39 is 0 Å². The summed E-state index contributed by atoms with van der Waals surface area (Å²) in [4.78, 5) is 6.61. The van der Waals surface area contributed by atoms with Gasteiger partial charge in [0.15, 0.2) is 0 Å². The molecule has 2 aromatic rings. The van der Waals surface area contributed by atoms with E-state index in [9.17, 15) is 0 Å². The average molecular weight is 279 g/mol. The van der Waals surface area contributed by atoms with Crippen LogP contribution in [0.3, 0.4) is 0 Å². The van der Waals surface area contributed by atoms with Crippen LogP contribution in [0.5, 0.6) is 0 Å². The SMILES string of the molecule is CCC(C)N(Cc1cccnc1)Cc1cccc(C#N)c1. The van der Waals surface area contributed by atoms with Crippen molar-refractivity contribution in [1.82, 2.24) is 9.88 Å². The van der Waals surface area contributed by atoms with Crippen LogP contribution < -0.4 is 0 Å². The van der Waals surface area contributed by atoms with Crippen LogP contribution in [0.2, 0.25) is 0 Å². The Bertz CT molecular complexity index is 601. The first kappa shape index (κ1) is 15.2. The maximum atomic E-state index is 9.01. The van der Waals surface area contributed by atoms with Crippen molar-refractivity contribution in [3.8, 4) is 6.07 Å². The molecule has 21 heavy (non-hydrogen) atoms. The highest BCUT2D eigenvalue weighted by Gasteiger charge is 2.13. The van der Waals surface area contributed by atoms with E-state index >= 15 is 0 Å². The molecule has 3 heteroatoms. The summed E-state index contributed by atoms with van der Waals surface area (Å²) in [7, 11) is 0. The minimum absolute atomic E-state index is 0.482. The van der Waals surface area contributed by atoms with Gasteiger partial charge in [-0.2, -0.15) is 5.26 Å². The maximum absolute atomic E-state index is 9.01. The van der Waals surface area contributed by atoms with Gasteiger partial charge >= 0.3 is 0 Å². The maximum Gasteiger partial charge on any atom is 0.0991 e. The van der Waals surface area contributed by atoms with Crippen molar-refractivity contribution in [2.45, 2.75) is 39.4 Å². The largest absolute Gasteiger partial charge is 0.292 e. The van der Waals surface area contributed by atoms with Gasteiger partial charge in [-0.15, -0.1) is 0 Å². The van der Waals surface area contributed by atoms with Crippen LogP contribution >= 0.6 is 0 Å². The second-order valence-electron chi connectivity index (χ2n) is 5.34. The van der Waals surface area contributed by atoms with Gasteiger partial charge in [0.25, 0.3) is 0 Å². The molecule has 2 rings (SSSR count). The number of pyridine rings is 1. The molecule has 1 atom stereocenters. The van der Waals surface area contributed by atoms with Gasteiger partial charge < -0.3 is 0 Å². The monoisotopic (exact) mass is 279 g/mol. The molecule has 0 aliphatic carbocycles. The van der Waals surface area contributed by atoms with Crippen molar-refractivity contribution in [2.24, 2.45) is 0 Å². The Morgan fingerprint density at radius 1 is 1.19 bits per heavy atom. The zero-order valence-electron chi connectivity index (χ0n) is 12.7. The molecule has 1 aromatic carbocycles. The molecular weight excluding hydrogens is 258 g/mol. The molecule has 0 fully saturated rings. The van der Waals surface area contributed by atoms with Crippen molar-refractivity contribution in [3.05, 3.63) is 65.5 Å². The third-order valence-corrected chi connectivity index (χ3v) is 3.76. The zero-order chi connectivity index (χ0) is 15.1. The highest BCUT2D eigenvalue weighted by Crippen LogP contribution is 2.15. The topological polar surface area (TPSA) is 39.9 Å². The van der Waals surface area contributed by atoms with Crippen LogP contribution in [0.15, 0.2) is 48.8 Å². The van der Waals surface area contributed by atoms with E-state index in [1.807, 2.05) is 30.5 Å². The summed E-state index contributed by atoms with van der Waals surface area (Å²) in [5.74, 6) is 0. The van der Waals surface area contributed by atoms with E-state index in [0.29, 0.717) is 6.04 Å². The summed E-state index contributed by atoms with van der Waals surface area (Å²) in [6.07, 6.45) is 4.81. The van der Waals surface area contributed by atoms with Crippen molar-refractivity contribution >= 4 is 0 Å². The van der Waals surface area contributed by atoms with Gasteiger partial charge in [0.1, 0.15) is 0 Å². The number of hydrogen-bond acceptors (Lipinski definition) is 3. The van der Waals surface area contributed by atoms with Crippen LogP contribution in [-0.4, -0.2) is 15.9 Å². The van der Waals surface area contributed by atoms with E-state index in [1.54, 1.807) is 6.20 Å². The van der Waals surface area contributed by atoms with Gasteiger partial charge in [0.05, 0.1) is 11.6 Å². The standard InChI is InChI=1S/C18H21N3/c1-3-15(2)21(14-18-8-5-9-20-12-18)13-17-7-4-6-16(10-17)11-19/h4-10,12,15H,3,13-14H2,1-2H3. The molecule has 0 N–H and O–H groups in total. The first-order valence-corrected chi connectivity index (χ1v) is 7.35. The highest BCUT2D eigenvalue weighted by molar-refractivity contribution is 5.32. The minimum Gasteiger partial charge on any atom is -0.292 e. The minimum atomic E-state index is 0.482. The molecule has 0 saturated heterocycles. The highest BCUT2D eigenvalue weighted by atomic mass is 15.1. The zero-order valence-corrected chi connectivity index (χ0v) is 12.7. The second kappa shape index (κ2) is 7.56. The van der Waals surface area contributed by atoms with Crippen molar-refractivity contribution in [1.29, 1.82) is 5.26 Å². The van der Waals surface area contributed by atoms with E-state index in [4.69, 9.17) is 5.26 Å². The summed E-state index contributed by atoms with van der Waals surface area (Å²) in [6.45, 7) is 6.16. The number of nitriles is 1. The van der Waals surface area contributed by atoms with Crippen LogP contribution in [0.4, 0.5) is 0 Å². The van der Waals surface area contributed by atoms with Gasteiger partial charge in [-0.05, 0) is 42.7 Å². The van der Waals surface area contributed by atoms with Crippen LogP contribution in [0, 0.1) is 11.3 Å². The number of benzene rings is 1. The molecule has 3 nitrogen and oxygen atoms in total.